The van der Waals surface area contributed by atoms with Crippen LogP contribution in [0.3, 0.4) is 0 Å². The Balaban J connectivity index is 1.76. The third-order valence-electron chi connectivity index (χ3n) is 3.52. The predicted octanol–water partition coefficient (Wildman–Crippen LogP) is 3.05. The summed E-state index contributed by atoms with van der Waals surface area (Å²) in [6, 6.07) is 12.3. The molecular formula is C17H16FNO4. The molecule has 23 heavy (non-hydrogen) atoms. The fourth-order valence-corrected chi connectivity index (χ4v) is 2.35. The van der Waals surface area contributed by atoms with Crippen LogP contribution in [-0.2, 0) is 11.4 Å². The number of nitrogens with zero attached hydrogens (tertiary/aromatic N) is 1. The summed E-state index contributed by atoms with van der Waals surface area (Å²) in [5.41, 5.74) is 1.51. The molecule has 0 aromatic heterocycles. The number of aromatic hydroxyl groups is 1. The number of benzene rings is 2. The van der Waals surface area contributed by atoms with Crippen LogP contribution in [0.2, 0.25) is 0 Å². The van der Waals surface area contributed by atoms with E-state index in [0.29, 0.717) is 23.5 Å². The average molecular weight is 317 g/mol. The Kier molecular flexibility index (Phi) is 4.73. The zero-order chi connectivity index (χ0) is 16.1. The van der Waals surface area contributed by atoms with E-state index in [0.717, 1.165) is 5.56 Å². The van der Waals surface area contributed by atoms with Crippen LogP contribution < -0.4 is 9.47 Å². The zero-order valence-electron chi connectivity index (χ0n) is 12.3. The van der Waals surface area contributed by atoms with Crippen LogP contribution in [-0.4, -0.2) is 30.8 Å². The molecule has 2 aromatic rings. The van der Waals surface area contributed by atoms with E-state index in [1.54, 1.807) is 6.07 Å². The Morgan fingerprint density at radius 1 is 1.22 bits per heavy atom. The van der Waals surface area contributed by atoms with Crippen LogP contribution in [0.4, 0.5) is 4.53 Å². The van der Waals surface area contributed by atoms with Gasteiger partial charge in [-0.15, -0.1) is 0 Å². The van der Waals surface area contributed by atoms with Crippen LogP contribution in [0, 0.1) is 0 Å². The second-order valence-electron chi connectivity index (χ2n) is 5.16. The number of halogens is 1. The first kappa shape index (κ1) is 15.3. The largest absolute Gasteiger partial charge is 0.507 e. The molecule has 1 atom stereocenters. The van der Waals surface area contributed by atoms with Crippen molar-refractivity contribution in [2.24, 2.45) is 4.99 Å². The number of aliphatic imine (C=N–C) groups is 1. The minimum atomic E-state index is -0.396. The van der Waals surface area contributed by atoms with Gasteiger partial charge in [0.15, 0.2) is 11.5 Å². The van der Waals surface area contributed by atoms with Gasteiger partial charge < -0.3 is 14.6 Å². The molecule has 6 heteroatoms. The predicted molar refractivity (Wildman–Crippen MR) is 82.8 cm³/mol. The van der Waals surface area contributed by atoms with Crippen molar-refractivity contribution >= 4 is 6.21 Å². The molecule has 5 nitrogen and oxygen atoms in total. The molecule has 1 aliphatic rings. The number of fused-ring (bicyclic) bond motifs is 1. The number of ether oxygens (including phenoxy) is 2. The molecule has 1 unspecified atom stereocenters. The highest BCUT2D eigenvalue weighted by Gasteiger charge is 2.16. The van der Waals surface area contributed by atoms with Gasteiger partial charge in [0.25, 0.3) is 0 Å². The van der Waals surface area contributed by atoms with Crippen molar-refractivity contribution in [1.82, 2.24) is 0 Å². The molecule has 120 valence electrons. The number of phenolic OH excluding ortho intramolecular Hbond substituents is 1. The number of hydrogen-bond donors (Lipinski definition) is 1. The van der Waals surface area contributed by atoms with Crippen molar-refractivity contribution in [3.05, 3.63) is 53.6 Å². The molecule has 0 saturated heterocycles. The number of hydrogen-bond acceptors (Lipinski definition) is 5. The van der Waals surface area contributed by atoms with E-state index in [2.05, 4.69) is 9.93 Å². The summed E-state index contributed by atoms with van der Waals surface area (Å²) in [5, 5.41) is 9.98. The van der Waals surface area contributed by atoms with Gasteiger partial charge >= 0.3 is 0 Å². The first-order valence-electron chi connectivity index (χ1n) is 7.19. The monoisotopic (exact) mass is 317 g/mol. The number of rotatable bonds is 6. The minimum Gasteiger partial charge on any atom is -0.507 e. The van der Waals surface area contributed by atoms with Gasteiger partial charge in [-0.2, -0.15) is 4.94 Å². The van der Waals surface area contributed by atoms with Crippen LogP contribution in [0.1, 0.15) is 11.1 Å². The second kappa shape index (κ2) is 7.11. The lowest BCUT2D eigenvalue weighted by Crippen LogP contribution is -2.15. The summed E-state index contributed by atoms with van der Waals surface area (Å²) >= 11 is 0. The smallest absolute Gasteiger partial charge is 0.231 e. The molecule has 3 rings (SSSR count). The van der Waals surface area contributed by atoms with E-state index >= 15 is 0 Å². The van der Waals surface area contributed by atoms with Crippen molar-refractivity contribution in [2.45, 2.75) is 12.5 Å². The first-order chi connectivity index (χ1) is 11.3. The van der Waals surface area contributed by atoms with E-state index in [1.165, 1.54) is 12.3 Å². The highest BCUT2D eigenvalue weighted by atomic mass is 19.3. The molecule has 0 radical (unpaired) electrons. The van der Waals surface area contributed by atoms with Crippen LogP contribution in [0.5, 0.6) is 17.2 Å². The van der Waals surface area contributed by atoms with Crippen LogP contribution in [0.25, 0.3) is 0 Å². The minimum absolute atomic E-state index is 0.0256. The maximum atomic E-state index is 12.3. The van der Waals surface area contributed by atoms with Crippen molar-refractivity contribution in [1.29, 1.82) is 0 Å². The highest BCUT2D eigenvalue weighted by molar-refractivity contribution is 5.85. The molecule has 0 fully saturated rings. The van der Waals surface area contributed by atoms with Gasteiger partial charge in [-0.1, -0.05) is 30.3 Å². The van der Waals surface area contributed by atoms with Gasteiger partial charge in [-0.25, -0.2) is 0 Å². The lowest BCUT2D eigenvalue weighted by molar-refractivity contribution is -0.136. The normalized spacial score (nSPS) is 14.3. The lowest BCUT2D eigenvalue weighted by atomic mass is 10.1. The van der Waals surface area contributed by atoms with Crippen molar-refractivity contribution in [3.8, 4) is 17.2 Å². The molecule has 2 aromatic carbocycles. The lowest BCUT2D eigenvalue weighted by Gasteiger charge is -2.10. The molecule has 0 spiro atoms. The zero-order valence-corrected chi connectivity index (χ0v) is 12.3. The van der Waals surface area contributed by atoms with Crippen molar-refractivity contribution in [2.75, 3.05) is 13.4 Å². The summed E-state index contributed by atoms with van der Waals surface area (Å²) in [5.74, 6) is 1.07. The van der Waals surface area contributed by atoms with Crippen LogP contribution in [0.15, 0.2) is 47.5 Å². The molecule has 0 aliphatic carbocycles. The third kappa shape index (κ3) is 3.78. The Hall–Kier alpha value is -2.60. The van der Waals surface area contributed by atoms with Crippen LogP contribution >= 0.6 is 0 Å². The summed E-state index contributed by atoms with van der Waals surface area (Å²) in [4.78, 5) is 8.07. The standard InChI is InChI=1S/C17H16FNO4/c18-23-10-14(6-12-4-2-1-3-5-12)19-9-13-7-16-17(8-15(13)20)22-11-21-16/h1-5,7-9,14,20H,6,10-11H2. The summed E-state index contributed by atoms with van der Waals surface area (Å²) in [7, 11) is 0. The summed E-state index contributed by atoms with van der Waals surface area (Å²) in [6.07, 6.45) is 2.02. The molecule has 1 N–H and O–H groups in total. The summed E-state index contributed by atoms with van der Waals surface area (Å²) in [6.45, 7) is -0.0294. The Labute approximate surface area is 132 Å². The maximum absolute atomic E-state index is 12.3. The first-order valence-corrected chi connectivity index (χ1v) is 7.19. The van der Waals surface area contributed by atoms with E-state index in [1.807, 2.05) is 30.3 Å². The van der Waals surface area contributed by atoms with Crippen molar-refractivity contribution in [3.63, 3.8) is 0 Å². The third-order valence-corrected chi connectivity index (χ3v) is 3.52. The Morgan fingerprint density at radius 3 is 2.70 bits per heavy atom. The van der Waals surface area contributed by atoms with Gasteiger partial charge in [-0.05, 0) is 22.6 Å². The molecule has 1 heterocycles. The molecule has 0 saturated carbocycles. The second-order valence-corrected chi connectivity index (χ2v) is 5.16. The van der Waals surface area contributed by atoms with Gasteiger partial charge in [0.1, 0.15) is 12.4 Å². The van der Waals surface area contributed by atoms with Gasteiger partial charge in [0.05, 0.1) is 6.04 Å². The molecular weight excluding hydrogens is 301 g/mol. The van der Waals surface area contributed by atoms with Crippen molar-refractivity contribution < 1.29 is 24.0 Å². The fourth-order valence-electron chi connectivity index (χ4n) is 2.35. The van der Waals surface area contributed by atoms with E-state index < -0.39 is 6.04 Å². The SMILES string of the molecule is Oc1cc2c(cc1C=NC(COF)Cc1ccccc1)OCO2. The average Bonchev–Trinajstić information content (AvgIpc) is 3.00. The Morgan fingerprint density at radius 2 is 1.96 bits per heavy atom. The topological polar surface area (TPSA) is 60.3 Å². The van der Waals surface area contributed by atoms with E-state index in [-0.39, 0.29) is 19.1 Å². The molecule has 0 amide bonds. The quantitative estimate of drug-likeness (QED) is 0.832. The maximum Gasteiger partial charge on any atom is 0.231 e. The van der Waals surface area contributed by atoms with Gasteiger partial charge in [-0.3, -0.25) is 4.99 Å². The van der Waals surface area contributed by atoms with E-state index in [9.17, 15) is 9.63 Å². The van der Waals surface area contributed by atoms with E-state index in [4.69, 9.17) is 9.47 Å². The van der Waals surface area contributed by atoms with Gasteiger partial charge in [0.2, 0.25) is 6.79 Å². The Bertz CT molecular complexity index is 690. The van der Waals surface area contributed by atoms with Gasteiger partial charge in [0, 0.05) is 17.8 Å². The molecule has 1 aliphatic heterocycles. The molecule has 0 bridgehead atoms. The number of phenols is 1. The highest BCUT2D eigenvalue weighted by Crippen LogP contribution is 2.36. The fraction of sp³-hybridized carbons (Fsp3) is 0.235. The summed E-state index contributed by atoms with van der Waals surface area (Å²) < 4.78 is 22.7.